The summed E-state index contributed by atoms with van der Waals surface area (Å²) in [5, 5.41) is 11.0. The van der Waals surface area contributed by atoms with E-state index in [2.05, 4.69) is 9.97 Å². The van der Waals surface area contributed by atoms with E-state index in [1.54, 1.807) is 24.0 Å². The van der Waals surface area contributed by atoms with Crippen molar-refractivity contribution >= 4 is 16.2 Å². The molecule has 1 atom stereocenters. The molecule has 24 heavy (non-hydrogen) atoms. The molecule has 0 bridgehead atoms. The Balaban J connectivity index is 1.57. The van der Waals surface area contributed by atoms with Crippen LogP contribution in [0.25, 0.3) is 10.5 Å². The highest BCUT2D eigenvalue weighted by Crippen LogP contribution is 2.47. The Hall–Kier alpha value is -2.44. The molecule has 120 valence electrons. The van der Waals surface area contributed by atoms with Gasteiger partial charge in [-0.15, -0.1) is 11.3 Å². The van der Waals surface area contributed by atoms with Gasteiger partial charge in [0.25, 0.3) is 0 Å². The molecular weight excluding hydrogens is 320 g/mol. The van der Waals surface area contributed by atoms with Gasteiger partial charge in [-0.25, -0.2) is 9.97 Å². The highest BCUT2D eigenvalue weighted by atomic mass is 32.1. The third-order valence-corrected chi connectivity index (χ3v) is 5.75. The first-order valence-electron chi connectivity index (χ1n) is 8.03. The Bertz CT molecular complexity index is 997. The Kier molecular flexibility index (Phi) is 3.08. The maximum atomic E-state index is 11.0. The summed E-state index contributed by atoms with van der Waals surface area (Å²) in [6, 6.07) is 10.0. The average molecular weight is 336 g/mol. The fourth-order valence-corrected chi connectivity index (χ4v) is 4.39. The second-order valence-corrected chi connectivity index (χ2v) is 7.23. The van der Waals surface area contributed by atoms with E-state index in [0.717, 1.165) is 16.2 Å². The monoisotopic (exact) mass is 336 g/mol. The maximum Gasteiger partial charge on any atom is 0.139 e. The lowest BCUT2D eigenvalue weighted by Crippen LogP contribution is -2.06. The Morgan fingerprint density at radius 3 is 2.79 bits per heavy atom. The van der Waals surface area contributed by atoms with Crippen LogP contribution in [0, 0.1) is 0 Å². The van der Waals surface area contributed by atoms with Gasteiger partial charge in [0.2, 0.25) is 0 Å². The quantitative estimate of drug-likeness (QED) is 0.620. The number of imidazole rings is 2. The van der Waals surface area contributed by atoms with Crippen molar-refractivity contribution in [1.82, 2.24) is 18.9 Å². The Morgan fingerprint density at radius 2 is 2.00 bits per heavy atom. The molecule has 1 N–H and O–H groups in total. The molecule has 3 aromatic heterocycles. The molecule has 1 aromatic carbocycles. The van der Waals surface area contributed by atoms with Crippen LogP contribution < -0.4 is 0 Å². The molecule has 5 rings (SSSR count). The smallest absolute Gasteiger partial charge is 0.139 e. The van der Waals surface area contributed by atoms with Crippen molar-refractivity contribution in [3.8, 4) is 5.69 Å². The van der Waals surface area contributed by atoms with E-state index in [4.69, 9.17) is 0 Å². The first-order valence-corrected chi connectivity index (χ1v) is 8.85. The van der Waals surface area contributed by atoms with Gasteiger partial charge in [0.1, 0.15) is 17.3 Å². The lowest BCUT2D eigenvalue weighted by Gasteiger charge is -2.10. The van der Waals surface area contributed by atoms with Gasteiger partial charge in [0.15, 0.2) is 0 Å². The van der Waals surface area contributed by atoms with Gasteiger partial charge in [0.05, 0.1) is 23.9 Å². The van der Waals surface area contributed by atoms with Crippen molar-refractivity contribution in [2.75, 3.05) is 0 Å². The molecule has 3 heterocycles. The van der Waals surface area contributed by atoms with Gasteiger partial charge in [-0.05, 0) is 30.9 Å². The SMILES string of the molecule is OC(c1cn(-c2ccccc2)cn1)c1c(C2CC2)sc2cncn12. The van der Waals surface area contributed by atoms with Gasteiger partial charge < -0.3 is 9.67 Å². The van der Waals surface area contributed by atoms with Crippen LogP contribution >= 0.6 is 11.3 Å². The second kappa shape index (κ2) is 5.29. The number of aliphatic hydroxyl groups is 1. The lowest BCUT2D eigenvalue weighted by atomic mass is 10.1. The summed E-state index contributed by atoms with van der Waals surface area (Å²) < 4.78 is 3.94. The standard InChI is InChI=1S/C18H16N4OS/c23-17(14-9-21(11-20-14)13-4-2-1-3-5-13)16-18(12-6-7-12)24-15-8-19-10-22(15)16/h1-5,8-12,17,23H,6-7H2. The summed E-state index contributed by atoms with van der Waals surface area (Å²) in [6.45, 7) is 0. The minimum Gasteiger partial charge on any atom is -0.380 e. The topological polar surface area (TPSA) is 55.3 Å². The Labute approximate surface area is 142 Å². The minimum absolute atomic E-state index is 0.579. The van der Waals surface area contributed by atoms with Crippen molar-refractivity contribution in [2.24, 2.45) is 0 Å². The fraction of sp³-hybridized carbons (Fsp3) is 0.222. The van der Waals surface area contributed by atoms with E-state index in [1.807, 2.05) is 51.7 Å². The number of nitrogens with zero attached hydrogens (tertiary/aromatic N) is 4. The highest BCUT2D eigenvalue weighted by Gasteiger charge is 2.33. The molecule has 0 aliphatic heterocycles. The van der Waals surface area contributed by atoms with Crippen molar-refractivity contribution < 1.29 is 5.11 Å². The zero-order valence-electron chi connectivity index (χ0n) is 12.9. The molecule has 0 saturated heterocycles. The number of aliphatic hydroxyl groups excluding tert-OH is 1. The number of thiazole rings is 1. The van der Waals surface area contributed by atoms with Gasteiger partial charge in [-0.3, -0.25) is 4.40 Å². The number of benzene rings is 1. The summed E-state index contributed by atoms with van der Waals surface area (Å²) in [6.07, 6.45) is 8.96. The molecule has 0 spiro atoms. The minimum atomic E-state index is -0.742. The van der Waals surface area contributed by atoms with Crippen LogP contribution in [0.4, 0.5) is 0 Å². The van der Waals surface area contributed by atoms with Crippen molar-refractivity contribution in [1.29, 1.82) is 0 Å². The summed E-state index contributed by atoms with van der Waals surface area (Å²) in [7, 11) is 0. The second-order valence-electron chi connectivity index (χ2n) is 6.17. The predicted octanol–water partition coefficient (Wildman–Crippen LogP) is 3.54. The van der Waals surface area contributed by atoms with Crippen LogP contribution in [0.2, 0.25) is 0 Å². The molecule has 6 heteroatoms. The fourth-order valence-electron chi connectivity index (χ4n) is 3.09. The van der Waals surface area contributed by atoms with Gasteiger partial charge in [-0.1, -0.05) is 18.2 Å². The van der Waals surface area contributed by atoms with Crippen LogP contribution in [0.5, 0.6) is 0 Å². The number of hydrogen-bond donors (Lipinski definition) is 1. The third-order valence-electron chi connectivity index (χ3n) is 4.48. The van der Waals surface area contributed by atoms with Crippen LogP contribution in [0.1, 0.15) is 41.1 Å². The van der Waals surface area contributed by atoms with Gasteiger partial charge in [0, 0.05) is 16.8 Å². The van der Waals surface area contributed by atoms with E-state index in [0.29, 0.717) is 11.6 Å². The normalized spacial score (nSPS) is 15.9. The first-order chi connectivity index (χ1) is 11.8. The zero-order valence-corrected chi connectivity index (χ0v) is 13.7. The van der Waals surface area contributed by atoms with Gasteiger partial charge >= 0.3 is 0 Å². The molecule has 1 saturated carbocycles. The van der Waals surface area contributed by atoms with Crippen LogP contribution in [-0.2, 0) is 0 Å². The number of hydrogen-bond acceptors (Lipinski definition) is 4. The first kappa shape index (κ1) is 13.9. The van der Waals surface area contributed by atoms with Gasteiger partial charge in [-0.2, -0.15) is 0 Å². The number of fused-ring (bicyclic) bond motifs is 1. The molecular formula is C18H16N4OS. The van der Waals surface area contributed by atoms with Crippen LogP contribution in [-0.4, -0.2) is 24.0 Å². The molecule has 4 aromatic rings. The van der Waals surface area contributed by atoms with Crippen molar-refractivity contribution in [2.45, 2.75) is 24.9 Å². The molecule has 1 aliphatic carbocycles. The molecule has 0 amide bonds. The predicted molar refractivity (Wildman–Crippen MR) is 92.7 cm³/mol. The zero-order chi connectivity index (χ0) is 16.1. The largest absolute Gasteiger partial charge is 0.380 e. The van der Waals surface area contributed by atoms with Crippen molar-refractivity contribution in [3.05, 3.63) is 71.6 Å². The molecule has 0 radical (unpaired) electrons. The lowest BCUT2D eigenvalue weighted by molar-refractivity contribution is 0.209. The van der Waals surface area contributed by atoms with Crippen molar-refractivity contribution in [3.63, 3.8) is 0 Å². The van der Waals surface area contributed by atoms with Crippen LogP contribution in [0.3, 0.4) is 0 Å². The summed E-state index contributed by atoms with van der Waals surface area (Å²) in [5.74, 6) is 0.579. The van der Waals surface area contributed by atoms with E-state index in [-0.39, 0.29) is 0 Å². The summed E-state index contributed by atoms with van der Waals surface area (Å²) in [4.78, 5) is 11.0. The molecule has 1 fully saturated rings. The number of para-hydroxylation sites is 1. The number of aromatic nitrogens is 4. The summed E-state index contributed by atoms with van der Waals surface area (Å²) >= 11 is 1.73. The van der Waals surface area contributed by atoms with E-state index >= 15 is 0 Å². The van der Waals surface area contributed by atoms with Crippen LogP contribution in [0.15, 0.2) is 55.4 Å². The average Bonchev–Trinajstić information content (AvgIpc) is 3.04. The molecule has 1 unspecified atom stereocenters. The van der Waals surface area contributed by atoms with E-state index in [9.17, 15) is 5.11 Å². The molecule has 5 nitrogen and oxygen atoms in total. The number of rotatable bonds is 4. The summed E-state index contributed by atoms with van der Waals surface area (Å²) in [5.41, 5.74) is 2.62. The molecule has 1 aliphatic rings. The van der Waals surface area contributed by atoms with E-state index < -0.39 is 6.10 Å². The maximum absolute atomic E-state index is 11.0. The Morgan fingerprint density at radius 1 is 1.17 bits per heavy atom. The van der Waals surface area contributed by atoms with E-state index in [1.165, 1.54) is 17.7 Å². The highest BCUT2D eigenvalue weighted by molar-refractivity contribution is 7.17. The third kappa shape index (κ3) is 2.18.